The molecule has 0 aliphatic carbocycles. The molecule has 0 atom stereocenters. The smallest absolute Gasteiger partial charge is 0.325 e. The molecule has 1 N–H and O–H groups in total. The number of carboxylic acid groups (broad SMARTS) is 1. The van der Waals surface area contributed by atoms with Crippen LogP contribution >= 0.6 is 0 Å². The molecule has 0 saturated carbocycles. The average Bonchev–Trinajstić information content (AvgIpc) is 3.02. The summed E-state index contributed by atoms with van der Waals surface area (Å²) in [6, 6.07) is 6.52. The minimum absolute atomic E-state index is 0.151. The summed E-state index contributed by atoms with van der Waals surface area (Å²) in [6.45, 7) is 2.92. The van der Waals surface area contributed by atoms with E-state index in [4.69, 9.17) is 5.11 Å². The van der Waals surface area contributed by atoms with Gasteiger partial charge in [-0.25, -0.2) is 4.39 Å². The van der Waals surface area contributed by atoms with Crippen LogP contribution in [0.25, 0.3) is 0 Å². The summed E-state index contributed by atoms with van der Waals surface area (Å²) in [5.74, 6) is -1.40. The zero-order chi connectivity index (χ0) is 17.8. The van der Waals surface area contributed by atoms with Crippen molar-refractivity contribution in [1.29, 1.82) is 0 Å². The number of benzene rings is 1. The maximum absolute atomic E-state index is 13.2. The summed E-state index contributed by atoms with van der Waals surface area (Å²) in [7, 11) is 0. The summed E-state index contributed by atoms with van der Waals surface area (Å²) >= 11 is 0. The minimum Gasteiger partial charge on any atom is -0.480 e. The maximum Gasteiger partial charge on any atom is 0.325 e. The first-order chi connectivity index (χ1) is 12.0. The second kappa shape index (κ2) is 7.43. The highest BCUT2D eigenvalue weighted by Gasteiger charge is 2.23. The van der Waals surface area contributed by atoms with Crippen LogP contribution in [-0.4, -0.2) is 62.7 Å². The van der Waals surface area contributed by atoms with Crippen LogP contribution in [0.3, 0.4) is 0 Å². The van der Waals surface area contributed by atoms with Gasteiger partial charge in [-0.05, 0) is 17.7 Å². The Balaban J connectivity index is 1.54. The van der Waals surface area contributed by atoms with Gasteiger partial charge in [-0.1, -0.05) is 12.1 Å². The number of aliphatic carboxylic acids is 1. The van der Waals surface area contributed by atoms with Crippen molar-refractivity contribution >= 4 is 11.9 Å². The molecule has 8 heteroatoms. The van der Waals surface area contributed by atoms with Gasteiger partial charge in [0, 0.05) is 38.9 Å². The van der Waals surface area contributed by atoms with Crippen LogP contribution in [0, 0.1) is 5.82 Å². The number of piperazine rings is 1. The van der Waals surface area contributed by atoms with Crippen molar-refractivity contribution in [2.45, 2.75) is 13.1 Å². The van der Waals surface area contributed by atoms with Gasteiger partial charge < -0.3 is 10.0 Å². The van der Waals surface area contributed by atoms with E-state index in [1.165, 1.54) is 29.2 Å². The standard InChI is InChI=1S/C17H19FN4O3/c18-15-3-1-2-13(8-15)10-20-4-6-21(7-5-20)17(25)14-9-19-22(11-14)12-16(23)24/h1-3,8-9,11H,4-7,10,12H2,(H,23,24). The van der Waals surface area contributed by atoms with E-state index in [-0.39, 0.29) is 18.3 Å². The molecule has 0 spiro atoms. The van der Waals surface area contributed by atoms with E-state index in [1.54, 1.807) is 11.0 Å². The van der Waals surface area contributed by atoms with Gasteiger partial charge in [-0.3, -0.25) is 19.2 Å². The lowest BCUT2D eigenvalue weighted by atomic mass is 10.2. The fourth-order valence-corrected chi connectivity index (χ4v) is 2.88. The third-order valence-corrected chi connectivity index (χ3v) is 4.13. The predicted molar refractivity (Wildman–Crippen MR) is 87.4 cm³/mol. The fourth-order valence-electron chi connectivity index (χ4n) is 2.88. The van der Waals surface area contributed by atoms with Crippen LogP contribution in [0.4, 0.5) is 4.39 Å². The van der Waals surface area contributed by atoms with E-state index in [0.717, 1.165) is 5.56 Å². The molecular weight excluding hydrogens is 327 g/mol. The lowest BCUT2D eigenvalue weighted by Crippen LogP contribution is -2.48. The molecule has 0 bridgehead atoms. The van der Waals surface area contributed by atoms with Crippen LogP contribution in [-0.2, 0) is 17.9 Å². The zero-order valence-corrected chi connectivity index (χ0v) is 13.6. The molecule has 1 saturated heterocycles. The number of amides is 1. The first kappa shape index (κ1) is 17.1. The van der Waals surface area contributed by atoms with Crippen molar-refractivity contribution in [3.8, 4) is 0 Å². The molecule has 1 aliphatic rings. The SMILES string of the molecule is O=C(O)Cn1cc(C(=O)N2CCN(Cc3cccc(F)c3)CC2)cn1. The molecule has 1 fully saturated rings. The number of carbonyl (C=O) groups excluding carboxylic acids is 1. The summed E-state index contributed by atoms with van der Waals surface area (Å²) in [4.78, 5) is 27.0. The molecule has 0 radical (unpaired) electrons. The van der Waals surface area contributed by atoms with Crippen LogP contribution < -0.4 is 0 Å². The maximum atomic E-state index is 13.2. The molecule has 7 nitrogen and oxygen atoms in total. The van der Waals surface area contributed by atoms with E-state index in [9.17, 15) is 14.0 Å². The Kier molecular flexibility index (Phi) is 5.08. The van der Waals surface area contributed by atoms with E-state index in [1.807, 2.05) is 6.07 Å². The topological polar surface area (TPSA) is 78.7 Å². The lowest BCUT2D eigenvalue weighted by molar-refractivity contribution is -0.137. The summed E-state index contributed by atoms with van der Waals surface area (Å²) in [5.41, 5.74) is 1.30. The van der Waals surface area contributed by atoms with Crippen LogP contribution in [0.15, 0.2) is 36.7 Å². The molecule has 1 amide bonds. The van der Waals surface area contributed by atoms with Gasteiger partial charge >= 0.3 is 5.97 Å². The quantitative estimate of drug-likeness (QED) is 0.876. The minimum atomic E-state index is -1.01. The summed E-state index contributed by atoms with van der Waals surface area (Å²) in [6.07, 6.45) is 2.85. The van der Waals surface area contributed by atoms with E-state index in [2.05, 4.69) is 10.00 Å². The number of hydrogen-bond acceptors (Lipinski definition) is 4. The van der Waals surface area contributed by atoms with Crippen LogP contribution in [0.1, 0.15) is 15.9 Å². The highest BCUT2D eigenvalue weighted by molar-refractivity contribution is 5.93. The highest BCUT2D eigenvalue weighted by Crippen LogP contribution is 2.12. The molecule has 3 rings (SSSR count). The van der Waals surface area contributed by atoms with Crippen molar-refractivity contribution in [3.05, 3.63) is 53.6 Å². The molecule has 0 unspecified atom stereocenters. The van der Waals surface area contributed by atoms with E-state index in [0.29, 0.717) is 38.3 Å². The molecular formula is C17H19FN4O3. The molecule has 1 aromatic carbocycles. The Bertz CT molecular complexity index is 769. The predicted octanol–water partition coefficient (Wildman–Crippen LogP) is 1.06. The van der Waals surface area contributed by atoms with Crippen LogP contribution in [0.2, 0.25) is 0 Å². The van der Waals surface area contributed by atoms with Gasteiger partial charge in [0.15, 0.2) is 0 Å². The average molecular weight is 346 g/mol. The third kappa shape index (κ3) is 4.42. The molecule has 1 aliphatic heterocycles. The monoisotopic (exact) mass is 346 g/mol. The highest BCUT2D eigenvalue weighted by atomic mass is 19.1. The van der Waals surface area contributed by atoms with Gasteiger partial charge in [-0.15, -0.1) is 0 Å². The number of aromatic nitrogens is 2. The van der Waals surface area contributed by atoms with Crippen LogP contribution in [0.5, 0.6) is 0 Å². The van der Waals surface area contributed by atoms with Crippen molar-refractivity contribution < 1.29 is 19.1 Å². The van der Waals surface area contributed by atoms with Gasteiger partial charge in [0.2, 0.25) is 0 Å². The second-order valence-electron chi connectivity index (χ2n) is 6.02. The molecule has 132 valence electrons. The largest absolute Gasteiger partial charge is 0.480 e. The van der Waals surface area contributed by atoms with Crippen molar-refractivity contribution in [2.24, 2.45) is 0 Å². The number of carbonyl (C=O) groups is 2. The molecule has 2 aromatic rings. The summed E-state index contributed by atoms with van der Waals surface area (Å²) < 4.78 is 14.5. The number of rotatable bonds is 5. The van der Waals surface area contributed by atoms with Crippen molar-refractivity contribution in [3.63, 3.8) is 0 Å². The summed E-state index contributed by atoms with van der Waals surface area (Å²) in [5, 5.41) is 12.6. The van der Waals surface area contributed by atoms with Gasteiger partial charge in [0.05, 0.1) is 11.8 Å². The Morgan fingerprint density at radius 2 is 1.96 bits per heavy atom. The first-order valence-electron chi connectivity index (χ1n) is 8.01. The molecule has 1 aromatic heterocycles. The number of halogens is 1. The van der Waals surface area contributed by atoms with Crippen molar-refractivity contribution in [2.75, 3.05) is 26.2 Å². The van der Waals surface area contributed by atoms with Gasteiger partial charge in [0.1, 0.15) is 12.4 Å². The van der Waals surface area contributed by atoms with E-state index < -0.39 is 5.97 Å². The Labute approximate surface area is 144 Å². The van der Waals surface area contributed by atoms with Gasteiger partial charge in [0.25, 0.3) is 5.91 Å². The normalized spacial score (nSPS) is 15.3. The Morgan fingerprint density at radius 1 is 1.20 bits per heavy atom. The second-order valence-corrected chi connectivity index (χ2v) is 6.02. The number of nitrogens with zero attached hydrogens (tertiary/aromatic N) is 4. The van der Waals surface area contributed by atoms with Gasteiger partial charge in [-0.2, -0.15) is 5.10 Å². The zero-order valence-electron chi connectivity index (χ0n) is 13.6. The third-order valence-electron chi connectivity index (χ3n) is 4.13. The number of carboxylic acids is 1. The molecule has 25 heavy (non-hydrogen) atoms. The van der Waals surface area contributed by atoms with E-state index >= 15 is 0 Å². The van der Waals surface area contributed by atoms with Crippen molar-refractivity contribution in [1.82, 2.24) is 19.6 Å². The first-order valence-corrected chi connectivity index (χ1v) is 8.01. The molecule has 2 heterocycles. The number of hydrogen-bond donors (Lipinski definition) is 1. The Morgan fingerprint density at radius 3 is 2.64 bits per heavy atom. The Hall–Kier alpha value is -2.74. The lowest BCUT2D eigenvalue weighted by Gasteiger charge is -2.34. The fraction of sp³-hybridized carbons (Fsp3) is 0.353.